The SMILES string of the molecule is CCc1ccc(OC)cc1CNC(=O)OC(C)(C)C. The van der Waals surface area contributed by atoms with Crippen molar-refractivity contribution in [2.24, 2.45) is 0 Å². The highest BCUT2D eigenvalue weighted by Crippen LogP contribution is 2.18. The first-order valence-electron chi connectivity index (χ1n) is 6.48. The Balaban J connectivity index is 2.68. The molecule has 0 radical (unpaired) electrons. The Morgan fingerprint density at radius 3 is 2.47 bits per heavy atom. The predicted octanol–water partition coefficient (Wildman–Crippen LogP) is 3.28. The second kappa shape index (κ2) is 6.45. The maximum absolute atomic E-state index is 11.6. The van der Waals surface area contributed by atoms with Crippen molar-refractivity contribution in [1.29, 1.82) is 0 Å². The molecule has 1 aromatic carbocycles. The van der Waals surface area contributed by atoms with Crippen LogP contribution in [-0.2, 0) is 17.7 Å². The number of methoxy groups -OCH3 is 1. The first kappa shape index (κ1) is 15.3. The molecule has 0 aromatic heterocycles. The van der Waals surface area contributed by atoms with Crippen LogP contribution < -0.4 is 10.1 Å². The van der Waals surface area contributed by atoms with Crippen LogP contribution in [0.4, 0.5) is 4.79 Å². The third-order valence-corrected chi connectivity index (χ3v) is 2.62. The standard InChI is InChI=1S/C15H23NO3/c1-6-11-7-8-13(18-5)9-12(11)10-16-14(17)19-15(2,3)4/h7-9H,6,10H2,1-5H3,(H,16,17). The van der Waals surface area contributed by atoms with E-state index in [1.165, 1.54) is 5.56 Å². The molecular formula is C15H23NO3. The van der Waals surface area contributed by atoms with Crippen molar-refractivity contribution < 1.29 is 14.3 Å². The van der Waals surface area contributed by atoms with Gasteiger partial charge in [-0.15, -0.1) is 0 Å². The van der Waals surface area contributed by atoms with Crippen LogP contribution >= 0.6 is 0 Å². The summed E-state index contributed by atoms with van der Waals surface area (Å²) in [5.41, 5.74) is 1.76. The fourth-order valence-electron chi connectivity index (χ4n) is 1.72. The monoisotopic (exact) mass is 265 g/mol. The van der Waals surface area contributed by atoms with Crippen molar-refractivity contribution in [2.75, 3.05) is 7.11 Å². The van der Waals surface area contributed by atoms with Gasteiger partial charge in [-0.2, -0.15) is 0 Å². The van der Waals surface area contributed by atoms with E-state index in [9.17, 15) is 4.79 Å². The quantitative estimate of drug-likeness (QED) is 0.908. The van der Waals surface area contributed by atoms with Gasteiger partial charge >= 0.3 is 6.09 Å². The Labute approximate surface area is 115 Å². The number of aryl methyl sites for hydroxylation is 1. The minimum atomic E-state index is -0.480. The van der Waals surface area contributed by atoms with E-state index in [1.54, 1.807) is 7.11 Å². The lowest BCUT2D eigenvalue weighted by Gasteiger charge is -2.20. The molecule has 0 spiro atoms. The van der Waals surface area contributed by atoms with Crippen LogP contribution in [-0.4, -0.2) is 18.8 Å². The minimum Gasteiger partial charge on any atom is -0.497 e. The summed E-state index contributed by atoms with van der Waals surface area (Å²) in [6.45, 7) is 8.05. The molecule has 1 amide bonds. The predicted molar refractivity (Wildman–Crippen MR) is 75.4 cm³/mol. The van der Waals surface area contributed by atoms with E-state index in [0.717, 1.165) is 17.7 Å². The summed E-state index contributed by atoms with van der Waals surface area (Å²) >= 11 is 0. The fourth-order valence-corrected chi connectivity index (χ4v) is 1.72. The van der Waals surface area contributed by atoms with E-state index in [-0.39, 0.29) is 0 Å². The molecule has 19 heavy (non-hydrogen) atoms. The van der Waals surface area contributed by atoms with E-state index in [2.05, 4.69) is 12.2 Å². The molecule has 0 fully saturated rings. The van der Waals surface area contributed by atoms with Crippen LogP contribution in [0.1, 0.15) is 38.8 Å². The Hall–Kier alpha value is -1.71. The second-order valence-corrected chi connectivity index (χ2v) is 5.34. The number of amides is 1. The molecule has 0 aliphatic rings. The van der Waals surface area contributed by atoms with E-state index in [1.807, 2.05) is 39.0 Å². The maximum Gasteiger partial charge on any atom is 0.407 e. The van der Waals surface area contributed by atoms with Crippen LogP contribution in [0.15, 0.2) is 18.2 Å². The normalized spacial score (nSPS) is 11.0. The first-order valence-corrected chi connectivity index (χ1v) is 6.48. The summed E-state index contributed by atoms with van der Waals surface area (Å²) in [6.07, 6.45) is 0.507. The number of alkyl carbamates (subject to hydrolysis) is 1. The number of benzene rings is 1. The number of nitrogens with one attached hydrogen (secondary N) is 1. The van der Waals surface area contributed by atoms with Crippen LogP contribution in [0, 0.1) is 0 Å². The van der Waals surface area contributed by atoms with E-state index in [4.69, 9.17) is 9.47 Å². The van der Waals surface area contributed by atoms with Gasteiger partial charge in [0.25, 0.3) is 0 Å². The molecule has 0 saturated heterocycles. The van der Waals surface area contributed by atoms with Gasteiger partial charge in [0, 0.05) is 6.54 Å². The number of rotatable bonds is 4. The van der Waals surface area contributed by atoms with Crippen molar-refractivity contribution in [3.8, 4) is 5.75 Å². The molecule has 1 rings (SSSR count). The molecule has 4 nitrogen and oxygen atoms in total. The average Bonchev–Trinajstić information content (AvgIpc) is 2.33. The van der Waals surface area contributed by atoms with E-state index < -0.39 is 11.7 Å². The average molecular weight is 265 g/mol. The van der Waals surface area contributed by atoms with E-state index >= 15 is 0 Å². The van der Waals surface area contributed by atoms with E-state index in [0.29, 0.717) is 6.54 Å². The van der Waals surface area contributed by atoms with Crippen LogP contribution in [0.2, 0.25) is 0 Å². The molecule has 4 heteroatoms. The number of hydrogen-bond acceptors (Lipinski definition) is 3. The summed E-state index contributed by atoms with van der Waals surface area (Å²) in [5.74, 6) is 0.790. The van der Waals surface area contributed by atoms with Crippen molar-refractivity contribution >= 4 is 6.09 Å². The topological polar surface area (TPSA) is 47.6 Å². The van der Waals surface area contributed by atoms with Gasteiger partial charge in [-0.3, -0.25) is 0 Å². The molecule has 0 bridgehead atoms. The largest absolute Gasteiger partial charge is 0.497 e. The number of ether oxygens (including phenoxy) is 2. The smallest absolute Gasteiger partial charge is 0.407 e. The highest BCUT2D eigenvalue weighted by atomic mass is 16.6. The lowest BCUT2D eigenvalue weighted by molar-refractivity contribution is 0.0523. The second-order valence-electron chi connectivity index (χ2n) is 5.34. The van der Waals surface area contributed by atoms with Crippen molar-refractivity contribution in [3.05, 3.63) is 29.3 Å². The molecule has 0 saturated carbocycles. The minimum absolute atomic E-state index is 0.405. The maximum atomic E-state index is 11.6. The summed E-state index contributed by atoms with van der Waals surface area (Å²) in [6, 6.07) is 5.89. The lowest BCUT2D eigenvalue weighted by Crippen LogP contribution is -2.32. The molecule has 0 aliphatic carbocycles. The molecule has 106 valence electrons. The number of carbonyl (C=O) groups is 1. The Morgan fingerprint density at radius 2 is 1.95 bits per heavy atom. The van der Waals surface area contributed by atoms with Gasteiger partial charge in [0.15, 0.2) is 0 Å². The van der Waals surface area contributed by atoms with Gasteiger partial charge in [0.05, 0.1) is 7.11 Å². The summed E-state index contributed by atoms with van der Waals surface area (Å²) in [7, 11) is 1.63. The highest BCUT2D eigenvalue weighted by molar-refractivity contribution is 5.67. The summed E-state index contributed by atoms with van der Waals surface area (Å²) in [5, 5.41) is 2.76. The number of carbonyl (C=O) groups excluding carboxylic acids is 1. The molecule has 0 heterocycles. The van der Waals surface area contributed by atoms with Gasteiger partial charge in [0.2, 0.25) is 0 Å². The van der Waals surface area contributed by atoms with Crippen molar-refractivity contribution in [2.45, 2.75) is 46.3 Å². The van der Waals surface area contributed by atoms with Gasteiger partial charge in [-0.1, -0.05) is 13.0 Å². The zero-order valence-electron chi connectivity index (χ0n) is 12.4. The summed E-state index contributed by atoms with van der Waals surface area (Å²) < 4.78 is 10.4. The zero-order chi connectivity index (χ0) is 14.5. The Morgan fingerprint density at radius 1 is 1.26 bits per heavy atom. The molecule has 0 unspecified atom stereocenters. The molecule has 0 atom stereocenters. The number of hydrogen-bond donors (Lipinski definition) is 1. The first-order chi connectivity index (χ1) is 8.85. The molecular weight excluding hydrogens is 242 g/mol. The van der Waals surface area contributed by atoms with Crippen molar-refractivity contribution in [1.82, 2.24) is 5.32 Å². The zero-order valence-corrected chi connectivity index (χ0v) is 12.4. The molecule has 1 aromatic rings. The third kappa shape index (κ3) is 5.20. The molecule has 1 N–H and O–H groups in total. The molecule has 0 aliphatic heterocycles. The van der Waals surface area contributed by atoms with Crippen LogP contribution in [0.3, 0.4) is 0 Å². The highest BCUT2D eigenvalue weighted by Gasteiger charge is 2.16. The van der Waals surface area contributed by atoms with Gasteiger partial charge < -0.3 is 14.8 Å². The van der Waals surface area contributed by atoms with Gasteiger partial charge in [0.1, 0.15) is 11.4 Å². The fraction of sp³-hybridized carbons (Fsp3) is 0.533. The summed E-state index contributed by atoms with van der Waals surface area (Å²) in [4.78, 5) is 11.6. The van der Waals surface area contributed by atoms with Crippen LogP contribution in [0.5, 0.6) is 5.75 Å². The Kier molecular flexibility index (Phi) is 5.21. The van der Waals surface area contributed by atoms with Crippen LogP contribution in [0.25, 0.3) is 0 Å². The Bertz CT molecular complexity index is 436. The van der Waals surface area contributed by atoms with Crippen molar-refractivity contribution in [3.63, 3.8) is 0 Å². The lowest BCUT2D eigenvalue weighted by atomic mass is 10.0. The van der Waals surface area contributed by atoms with Gasteiger partial charge in [-0.05, 0) is 50.5 Å². The van der Waals surface area contributed by atoms with Gasteiger partial charge in [-0.25, -0.2) is 4.79 Å². The third-order valence-electron chi connectivity index (χ3n) is 2.62.